The fraction of sp³-hybridized carbons (Fsp3) is 0.667. The lowest BCUT2D eigenvalue weighted by molar-refractivity contribution is -0.132. The highest BCUT2D eigenvalue weighted by Gasteiger charge is 2.47. The van der Waals surface area contributed by atoms with Gasteiger partial charge in [0.25, 0.3) is 5.91 Å². The first-order valence-electron chi connectivity index (χ1n) is 8.71. The largest absolute Gasteiger partial charge is 0.469 e. The minimum Gasteiger partial charge on any atom is -0.469 e. The summed E-state index contributed by atoms with van der Waals surface area (Å²) in [6.45, 7) is 4.88. The second kappa shape index (κ2) is 6.59. The number of carbonyl (C=O) groups is 2. The summed E-state index contributed by atoms with van der Waals surface area (Å²) in [5, 5.41) is 0. The van der Waals surface area contributed by atoms with Gasteiger partial charge in [-0.25, -0.2) is 0 Å². The highest BCUT2D eigenvalue weighted by Crippen LogP contribution is 2.39. The van der Waals surface area contributed by atoms with Gasteiger partial charge in [-0.15, -0.1) is 0 Å². The van der Waals surface area contributed by atoms with Gasteiger partial charge in [0, 0.05) is 38.1 Å². The normalized spacial score (nSPS) is 20.4. The van der Waals surface area contributed by atoms with Crippen LogP contribution in [0.25, 0.3) is 0 Å². The zero-order chi connectivity index (χ0) is 17.3. The predicted octanol–water partition coefficient (Wildman–Crippen LogP) is 1.75. The van der Waals surface area contributed by atoms with Gasteiger partial charge in [-0.3, -0.25) is 9.59 Å². The molecule has 0 aromatic carbocycles. The molecule has 0 atom stereocenters. The average molecular weight is 333 g/mol. The summed E-state index contributed by atoms with van der Waals surface area (Å²) in [6, 6.07) is 1.74. The molecule has 1 aromatic rings. The zero-order valence-corrected chi connectivity index (χ0v) is 14.9. The summed E-state index contributed by atoms with van der Waals surface area (Å²) < 4.78 is 5.25. The average Bonchev–Trinajstić information content (AvgIpc) is 3.10. The maximum Gasteiger partial charge on any atom is 0.257 e. The molecule has 0 aliphatic carbocycles. The van der Waals surface area contributed by atoms with Crippen molar-refractivity contribution in [3.63, 3.8) is 0 Å². The van der Waals surface area contributed by atoms with Gasteiger partial charge < -0.3 is 19.1 Å². The van der Waals surface area contributed by atoms with Crippen LogP contribution < -0.4 is 0 Å². The number of carbonyl (C=O) groups excluding carboxylic acids is 2. The molecule has 2 aliphatic rings. The zero-order valence-electron chi connectivity index (χ0n) is 14.9. The lowest BCUT2D eigenvalue weighted by atomic mass is 9.84. The van der Waals surface area contributed by atoms with Gasteiger partial charge in [-0.2, -0.15) is 0 Å². The Labute approximate surface area is 143 Å². The SMILES string of the molecule is Cc1occc1C(=O)N1CCC2(CCC(=O)N2CCN(C)C)CC1. The molecule has 132 valence electrons. The Morgan fingerprint density at radius 2 is 2.00 bits per heavy atom. The minimum atomic E-state index is -0.0463. The first kappa shape index (κ1) is 17.0. The number of likely N-dealkylation sites (tertiary alicyclic amines) is 2. The maximum atomic E-state index is 12.6. The molecule has 6 nitrogen and oxygen atoms in total. The van der Waals surface area contributed by atoms with E-state index in [9.17, 15) is 9.59 Å². The number of nitrogens with zero attached hydrogens (tertiary/aromatic N) is 3. The van der Waals surface area contributed by atoms with Crippen molar-refractivity contribution in [2.45, 2.75) is 38.1 Å². The van der Waals surface area contributed by atoms with Crippen LogP contribution in [0.5, 0.6) is 0 Å². The molecule has 6 heteroatoms. The molecule has 24 heavy (non-hydrogen) atoms. The molecule has 0 N–H and O–H groups in total. The molecule has 2 saturated heterocycles. The van der Waals surface area contributed by atoms with Crippen molar-refractivity contribution in [2.24, 2.45) is 0 Å². The van der Waals surface area contributed by atoms with E-state index in [2.05, 4.69) is 9.80 Å². The molecule has 1 aromatic heterocycles. The number of furan rings is 1. The van der Waals surface area contributed by atoms with Gasteiger partial charge in [-0.05, 0) is 46.3 Å². The number of piperidine rings is 1. The molecule has 0 unspecified atom stereocenters. The van der Waals surface area contributed by atoms with Crippen LogP contribution >= 0.6 is 0 Å². The van der Waals surface area contributed by atoms with E-state index in [4.69, 9.17) is 4.42 Å². The number of hydrogen-bond donors (Lipinski definition) is 0. The maximum absolute atomic E-state index is 12.6. The molecule has 0 radical (unpaired) electrons. The second-order valence-corrected chi connectivity index (χ2v) is 7.26. The van der Waals surface area contributed by atoms with Crippen LogP contribution in [0.1, 0.15) is 41.8 Å². The Morgan fingerprint density at radius 3 is 2.58 bits per heavy atom. The van der Waals surface area contributed by atoms with Crippen LogP contribution in [0.3, 0.4) is 0 Å². The molecule has 2 aliphatic heterocycles. The van der Waals surface area contributed by atoms with Crippen LogP contribution in [0.2, 0.25) is 0 Å². The summed E-state index contributed by atoms with van der Waals surface area (Å²) in [5.41, 5.74) is 0.605. The fourth-order valence-corrected chi connectivity index (χ4v) is 3.96. The van der Waals surface area contributed by atoms with E-state index in [0.717, 1.165) is 32.4 Å². The number of likely N-dealkylation sites (N-methyl/N-ethyl adjacent to an activating group) is 1. The van der Waals surface area contributed by atoms with E-state index in [1.165, 1.54) is 0 Å². The Morgan fingerprint density at radius 1 is 1.29 bits per heavy atom. The van der Waals surface area contributed by atoms with Gasteiger partial charge >= 0.3 is 0 Å². The minimum absolute atomic E-state index is 0.0419. The summed E-state index contributed by atoms with van der Waals surface area (Å²) >= 11 is 0. The molecule has 1 spiro atoms. The van der Waals surface area contributed by atoms with Gasteiger partial charge in [0.2, 0.25) is 5.91 Å². The number of aryl methyl sites for hydroxylation is 1. The van der Waals surface area contributed by atoms with Crippen LogP contribution in [-0.2, 0) is 4.79 Å². The van der Waals surface area contributed by atoms with Crippen LogP contribution in [0.15, 0.2) is 16.7 Å². The third kappa shape index (κ3) is 3.07. The highest BCUT2D eigenvalue weighted by molar-refractivity contribution is 5.95. The van der Waals surface area contributed by atoms with Crippen molar-refractivity contribution < 1.29 is 14.0 Å². The van der Waals surface area contributed by atoms with E-state index in [-0.39, 0.29) is 17.4 Å². The second-order valence-electron chi connectivity index (χ2n) is 7.26. The van der Waals surface area contributed by atoms with E-state index in [1.54, 1.807) is 12.3 Å². The van der Waals surface area contributed by atoms with Gasteiger partial charge in [0.15, 0.2) is 0 Å². The van der Waals surface area contributed by atoms with Gasteiger partial charge in [0.05, 0.1) is 11.8 Å². The molecule has 3 rings (SSSR count). The lowest BCUT2D eigenvalue weighted by Crippen LogP contribution is -2.55. The van der Waals surface area contributed by atoms with Crippen molar-refractivity contribution in [3.8, 4) is 0 Å². The smallest absolute Gasteiger partial charge is 0.257 e. The molecule has 3 heterocycles. The molecular formula is C18H27N3O3. The van der Waals surface area contributed by atoms with Crippen molar-refractivity contribution in [2.75, 3.05) is 40.3 Å². The van der Waals surface area contributed by atoms with Crippen molar-refractivity contribution in [1.82, 2.24) is 14.7 Å². The quantitative estimate of drug-likeness (QED) is 0.842. The molecule has 2 amide bonds. The Bertz CT molecular complexity index is 615. The number of rotatable bonds is 4. The Kier molecular flexibility index (Phi) is 4.67. The summed E-state index contributed by atoms with van der Waals surface area (Å²) in [7, 11) is 4.06. The Balaban J connectivity index is 1.66. The fourth-order valence-electron chi connectivity index (χ4n) is 3.96. The lowest BCUT2D eigenvalue weighted by Gasteiger charge is -2.45. The van der Waals surface area contributed by atoms with Crippen LogP contribution in [0.4, 0.5) is 0 Å². The topological polar surface area (TPSA) is 57.0 Å². The van der Waals surface area contributed by atoms with Crippen molar-refractivity contribution in [1.29, 1.82) is 0 Å². The van der Waals surface area contributed by atoms with E-state index in [1.807, 2.05) is 25.9 Å². The van der Waals surface area contributed by atoms with Crippen LogP contribution in [0, 0.1) is 6.92 Å². The van der Waals surface area contributed by atoms with E-state index >= 15 is 0 Å². The van der Waals surface area contributed by atoms with Crippen molar-refractivity contribution >= 4 is 11.8 Å². The highest BCUT2D eigenvalue weighted by atomic mass is 16.3. The van der Waals surface area contributed by atoms with E-state index in [0.29, 0.717) is 30.8 Å². The summed E-state index contributed by atoms with van der Waals surface area (Å²) in [5.74, 6) is 0.978. The number of amides is 2. The summed E-state index contributed by atoms with van der Waals surface area (Å²) in [6.07, 6.45) is 4.87. The van der Waals surface area contributed by atoms with Crippen LogP contribution in [-0.4, -0.2) is 72.3 Å². The Hall–Kier alpha value is -1.82. The summed E-state index contributed by atoms with van der Waals surface area (Å²) in [4.78, 5) is 31.0. The molecule has 0 saturated carbocycles. The first-order valence-corrected chi connectivity index (χ1v) is 8.71. The number of hydrogen-bond acceptors (Lipinski definition) is 4. The molecular weight excluding hydrogens is 306 g/mol. The van der Waals surface area contributed by atoms with Crippen molar-refractivity contribution in [3.05, 3.63) is 23.7 Å². The third-order valence-corrected chi connectivity index (χ3v) is 5.52. The molecule has 0 bridgehead atoms. The predicted molar refractivity (Wildman–Crippen MR) is 90.8 cm³/mol. The molecule has 2 fully saturated rings. The monoisotopic (exact) mass is 333 g/mol. The standard InChI is InChI=1S/C18H27N3O3/c1-14-15(5-13-24-14)17(23)20-9-7-18(8-10-20)6-4-16(22)21(18)12-11-19(2)3/h5,13H,4,6-12H2,1-3H3. The third-order valence-electron chi connectivity index (χ3n) is 5.52. The first-order chi connectivity index (χ1) is 11.4. The van der Waals surface area contributed by atoms with E-state index < -0.39 is 0 Å². The van der Waals surface area contributed by atoms with Gasteiger partial charge in [-0.1, -0.05) is 0 Å². The van der Waals surface area contributed by atoms with Gasteiger partial charge in [0.1, 0.15) is 5.76 Å².